The summed E-state index contributed by atoms with van der Waals surface area (Å²) in [6.07, 6.45) is 1.76. The van der Waals surface area contributed by atoms with Crippen LogP contribution in [-0.4, -0.2) is 16.8 Å². The molecule has 24 heavy (non-hydrogen) atoms. The summed E-state index contributed by atoms with van der Waals surface area (Å²) in [7, 11) is 0. The molecule has 0 aliphatic heterocycles. The van der Waals surface area contributed by atoms with Gasteiger partial charge in [0.05, 0.1) is 10.7 Å². The van der Waals surface area contributed by atoms with Gasteiger partial charge in [0.2, 0.25) is 0 Å². The fourth-order valence-electron chi connectivity index (χ4n) is 2.23. The van der Waals surface area contributed by atoms with Crippen LogP contribution < -0.4 is 10.9 Å². The topological polar surface area (TPSA) is 71.1 Å². The number of rotatable bonds is 5. The number of thiazole rings is 1. The predicted octanol–water partition coefficient (Wildman–Crippen LogP) is 3.29. The number of hydrogen-bond acceptors (Lipinski definition) is 4. The van der Waals surface area contributed by atoms with Gasteiger partial charge in [0.15, 0.2) is 0 Å². The maximum absolute atomic E-state index is 12.2. The molecule has 0 saturated carbocycles. The lowest BCUT2D eigenvalue weighted by Gasteiger charge is -2.07. The molecule has 2 N–H and O–H groups in total. The van der Waals surface area contributed by atoms with Gasteiger partial charge in [-0.05, 0) is 37.0 Å². The van der Waals surface area contributed by atoms with Crippen molar-refractivity contribution >= 4 is 23.2 Å². The van der Waals surface area contributed by atoms with Gasteiger partial charge < -0.3 is 0 Å². The molecule has 0 atom stereocenters. The number of carbonyl (C=O) groups is 2. The van der Waals surface area contributed by atoms with Crippen molar-refractivity contribution in [2.24, 2.45) is 5.92 Å². The molecule has 2 aromatic rings. The van der Waals surface area contributed by atoms with Crippen LogP contribution in [0.15, 0.2) is 24.3 Å². The zero-order valence-corrected chi connectivity index (χ0v) is 15.3. The van der Waals surface area contributed by atoms with E-state index in [4.69, 9.17) is 0 Å². The largest absolute Gasteiger partial charge is 0.281 e. The number of carbonyl (C=O) groups excluding carboxylic acids is 2. The monoisotopic (exact) mass is 345 g/mol. The number of benzene rings is 1. The molecule has 1 heterocycles. The van der Waals surface area contributed by atoms with Crippen molar-refractivity contribution in [1.82, 2.24) is 15.8 Å². The fourth-order valence-corrected chi connectivity index (χ4v) is 3.41. The Morgan fingerprint density at radius 1 is 1.12 bits per heavy atom. The highest BCUT2D eigenvalue weighted by atomic mass is 32.1. The van der Waals surface area contributed by atoms with Crippen LogP contribution in [0.2, 0.25) is 0 Å². The molecule has 0 radical (unpaired) electrons. The molecule has 2 rings (SSSR count). The molecule has 6 heteroatoms. The van der Waals surface area contributed by atoms with Crippen LogP contribution >= 0.6 is 11.3 Å². The van der Waals surface area contributed by atoms with E-state index in [1.54, 1.807) is 19.1 Å². The van der Waals surface area contributed by atoms with Gasteiger partial charge >= 0.3 is 0 Å². The first-order valence-electron chi connectivity index (χ1n) is 8.06. The van der Waals surface area contributed by atoms with Gasteiger partial charge in [-0.1, -0.05) is 32.9 Å². The molecule has 1 aromatic heterocycles. The van der Waals surface area contributed by atoms with Crippen molar-refractivity contribution in [3.05, 3.63) is 51.0 Å². The summed E-state index contributed by atoms with van der Waals surface area (Å²) in [5.41, 5.74) is 7.28. The van der Waals surface area contributed by atoms with Gasteiger partial charge in [0.25, 0.3) is 11.8 Å². The Kier molecular flexibility index (Phi) is 6.09. The predicted molar refractivity (Wildman–Crippen MR) is 96.1 cm³/mol. The first kappa shape index (κ1) is 18.1. The molecule has 0 fully saturated rings. The van der Waals surface area contributed by atoms with E-state index in [0.717, 1.165) is 23.4 Å². The minimum Gasteiger partial charge on any atom is -0.267 e. The Morgan fingerprint density at radius 3 is 2.33 bits per heavy atom. The van der Waals surface area contributed by atoms with E-state index in [0.29, 0.717) is 22.1 Å². The molecule has 0 saturated heterocycles. The maximum Gasteiger partial charge on any atom is 0.281 e. The summed E-state index contributed by atoms with van der Waals surface area (Å²) in [4.78, 5) is 29.3. The second kappa shape index (κ2) is 8.06. The first-order valence-corrected chi connectivity index (χ1v) is 8.88. The Hall–Kier alpha value is -2.21. The smallest absolute Gasteiger partial charge is 0.267 e. The van der Waals surface area contributed by atoms with Crippen molar-refractivity contribution in [1.29, 1.82) is 0 Å². The van der Waals surface area contributed by atoms with E-state index in [2.05, 4.69) is 36.6 Å². The van der Waals surface area contributed by atoms with Crippen LogP contribution in [-0.2, 0) is 12.8 Å². The van der Waals surface area contributed by atoms with Crippen LogP contribution in [0, 0.1) is 12.8 Å². The molecule has 128 valence electrons. The highest BCUT2D eigenvalue weighted by Gasteiger charge is 2.16. The lowest BCUT2D eigenvalue weighted by Crippen LogP contribution is -2.41. The van der Waals surface area contributed by atoms with Crippen LogP contribution in [0.25, 0.3) is 0 Å². The van der Waals surface area contributed by atoms with E-state index in [9.17, 15) is 9.59 Å². The minimum atomic E-state index is -0.337. The summed E-state index contributed by atoms with van der Waals surface area (Å²) < 4.78 is 0. The third-order valence-electron chi connectivity index (χ3n) is 3.54. The van der Waals surface area contributed by atoms with Crippen LogP contribution in [0.4, 0.5) is 0 Å². The second-order valence-electron chi connectivity index (χ2n) is 6.08. The molecule has 1 aromatic carbocycles. The van der Waals surface area contributed by atoms with E-state index >= 15 is 0 Å². The Bertz CT molecular complexity index is 720. The molecule has 0 bridgehead atoms. The van der Waals surface area contributed by atoms with E-state index in [1.165, 1.54) is 11.3 Å². The van der Waals surface area contributed by atoms with Crippen molar-refractivity contribution in [3.63, 3.8) is 0 Å². The lowest BCUT2D eigenvalue weighted by atomic mass is 10.1. The molecule has 0 spiro atoms. The van der Waals surface area contributed by atoms with Gasteiger partial charge in [0.1, 0.15) is 4.88 Å². The van der Waals surface area contributed by atoms with Gasteiger partial charge in [-0.25, -0.2) is 4.98 Å². The second-order valence-corrected chi connectivity index (χ2v) is 7.16. The van der Waals surface area contributed by atoms with Crippen molar-refractivity contribution in [2.45, 2.75) is 40.5 Å². The van der Waals surface area contributed by atoms with E-state index in [-0.39, 0.29) is 11.8 Å². The summed E-state index contributed by atoms with van der Waals surface area (Å²) in [6, 6.07) is 7.31. The maximum atomic E-state index is 12.2. The van der Waals surface area contributed by atoms with Gasteiger partial charge in [-0.2, -0.15) is 0 Å². The van der Waals surface area contributed by atoms with Crippen LogP contribution in [0.3, 0.4) is 0 Å². The summed E-state index contributed by atoms with van der Waals surface area (Å²) in [5.74, 6) is -0.189. The summed E-state index contributed by atoms with van der Waals surface area (Å²) >= 11 is 1.37. The molecule has 2 amide bonds. The zero-order chi connectivity index (χ0) is 17.7. The molecule has 0 unspecified atom stereocenters. The summed E-state index contributed by atoms with van der Waals surface area (Å²) in [6.45, 7) is 8.09. The third-order valence-corrected chi connectivity index (χ3v) is 4.72. The van der Waals surface area contributed by atoms with Crippen LogP contribution in [0.5, 0.6) is 0 Å². The number of nitrogens with one attached hydrogen (secondary N) is 2. The average Bonchev–Trinajstić information content (AvgIpc) is 2.92. The third kappa shape index (κ3) is 4.64. The quantitative estimate of drug-likeness (QED) is 0.817. The molecular formula is C18H23N3O2S. The molecule has 0 aliphatic carbocycles. The zero-order valence-electron chi connectivity index (χ0n) is 14.5. The van der Waals surface area contributed by atoms with Crippen LogP contribution in [0.1, 0.15) is 57.1 Å². The molecule has 5 nitrogen and oxygen atoms in total. The standard InChI is InChI=1S/C18H23N3O2S/c1-5-13-6-8-14(9-7-13)17(22)20-21-18(23)16-12(4)19-15(24-16)10-11(2)3/h6-9,11H,5,10H2,1-4H3,(H,20,22)(H,21,23). The van der Waals surface area contributed by atoms with Gasteiger partial charge in [-0.15, -0.1) is 11.3 Å². The number of hydrazine groups is 1. The molecule has 0 aliphatic rings. The Morgan fingerprint density at radius 2 is 1.75 bits per heavy atom. The summed E-state index contributed by atoms with van der Waals surface area (Å²) in [5, 5.41) is 0.939. The van der Waals surface area contributed by atoms with Gasteiger partial charge in [0, 0.05) is 12.0 Å². The molecular weight excluding hydrogens is 322 g/mol. The SMILES string of the molecule is CCc1ccc(C(=O)NNC(=O)c2sc(CC(C)C)nc2C)cc1. The highest BCUT2D eigenvalue weighted by Crippen LogP contribution is 2.20. The number of aromatic nitrogens is 1. The number of amides is 2. The Balaban J connectivity index is 1.97. The van der Waals surface area contributed by atoms with Crippen molar-refractivity contribution in [2.75, 3.05) is 0 Å². The van der Waals surface area contributed by atoms with Crippen molar-refractivity contribution < 1.29 is 9.59 Å². The average molecular weight is 345 g/mol. The normalized spacial score (nSPS) is 10.7. The first-order chi connectivity index (χ1) is 11.4. The number of aryl methyl sites for hydroxylation is 2. The number of hydrogen-bond donors (Lipinski definition) is 2. The lowest BCUT2D eigenvalue weighted by molar-refractivity contribution is 0.0848. The van der Waals surface area contributed by atoms with Gasteiger partial charge in [-0.3, -0.25) is 20.4 Å². The minimum absolute atomic E-state index is 0.335. The van der Waals surface area contributed by atoms with Crippen molar-refractivity contribution in [3.8, 4) is 0 Å². The Labute approximate surface area is 146 Å². The fraction of sp³-hybridized carbons (Fsp3) is 0.389. The van der Waals surface area contributed by atoms with E-state index in [1.807, 2.05) is 12.1 Å². The highest BCUT2D eigenvalue weighted by molar-refractivity contribution is 7.13. The van der Waals surface area contributed by atoms with E-state index < -0.39 is 0 Å². The number of nitrogens with zero attached hydrogens (tertiary/aromatic N) is 1.